The first-order valence-corrected chi connectivity index (χ1v) is 9.98. The Morgan fingerprint density at radius 1 is 0.944 bits per heavy atom. The summed E-state index contributed by atoms with van der Waals surface area (Å²) in [5.41, 5.74) is -4.15. The molecule has 1 atom stereocenters. The van der Waals surface area contributed by atoms with Gasteiger partial charge in [0, 0.05) is 17.8 Å². The smallest absolute Gasteiger partial charge is 0.374 e. The zero-order chi connectivity index (χ0) is 26.3. The second-order valence-corrected chi connectivity index (χ2v) is 7.49. The molecule has 0 unspecified atom stereocenters. The van der Waals surface area contributed by atoms with E-state index >= 15 is 0 Å². The van der Waals surface area contributed by atoms with Crippen LogP contribution in [0.4, 0.5) is 32.0 Å². The van der Waals surface area contributed by atoms with Crippen LogP contribution in [0.3, 0.4) is 0 Å². The number of nitrogens with one attached hydrogen (secondary N) is 1. The van der Waals surface area contributed by atoms with E-state index in [2.05, 4.69) is 25.4 Å². The minimum absolute atomic E-state index is 0.0121. The molecule has 0 radical (unpaired) electrons. The van der Waals surface area contributed by atoms with Gasteiger partial charge in [-0.1, -0.05) is 0 Å². The van der Waals surface area contributed by atoms with Gasteiger partial charge in [0.25, 0.3) is 0 Å². The fourth-order valence-corrected chi connectivity index (χ4v) is 3.50. The molecule has 3 heterocycles. The number of halogens is 6. The molecule has 1 N–H and O–H groups in total. The first-order valence-electron chi connectivity index (χ1n) is 9.98. The number of rotatable bonds is 4. The molecule has 0 amide bonds. The van der Waals surface area contributed by atoms with E-state index in [0.717, 1.165) is 6.20 Å². The van der Waals surface area contributed by atoms with Gasteiger partial charge >= 0.3 is 12.4 Å². The SMILES string of the molecule is C[C@H](Nc1c(C#N)cnc2c(C(F)(F)F)cc(C(F)(F)F)cc12)c1ncnn1-c1ccc(C#N)cn1. The first kappa shape index (κ1) is 24.4. The highest BCUT2D eigenvalue weighted by molar-refractivity contribution is 5.96. The van der Waals surface area contributed by atoms with Gasteiger partial charge in [-0.3, -0.25) is 4.98 Å². The number of nitriles is 2. The summed E-state index contributed by atoms with van der Waals surface area (Å²) in [5.74, 6) is 0.443. The van der Waals surface area contributed by atoms with E-state index in [-0.39, 0.29) is 34.5 Å². The minimum Gasteiger partial charge on any atom is -0.374 e. The van der Waals surface area contributed by atoms with Crippen molar-refractivity contribution < 1.29 is 26.3 Å². The fraction of sp³-hybridized carbons (Fsp3) is 0.182. The third kappa shape index (κ3) is 4.48. The molecule has 0 aliphatic heterocycles. The van der Waals surface area contributed by atoms with Gasteiger partial charge in [-0.15, -0.1) is 0 Å². The molecule has 0 aliphatic rings. The molecule has 8 nitrogen and oxygen atoms in total. The Morgan fingerprint density at radius 2 is 1.69 bits per heavy atom. The number of benzene rings is 1. The summed E-state index contributed by atoms with van der Waals surface area (Å²) in [6.07, 6.45) is -6.90. The van der Waals surface area contributed by atoms with Crippen LogP contribution in [0, 0.1) is 22.7 Å². The van der Waals surface area contributed by atoms with Crippen molar-refractivity contribution in [3.05, 3.63) is 71.1 Å². The highest BCUT2D eigenvalue weighted by Crippen LogP contribution is 2.42. The van der Waals surface area contributed by atoms with Crippen LogP contribution in [0.15, 0.2) is 43.0 Å². The summed E-state index contributed by atoms with van der Waals surface area (Å²) in [6, 6.07) is 6.25. The number of hydrogen-bond acceptors (Lipinski definition) is 7. The molecule has 182 valence electrons. The van der Waals surface area contributed by atoms with Crippen molar-refractivity contribution in [3.8, 4) is 18.0 Å². The molecule has 1 aromatic carbocycles. The highest BCUT2D eigenvalue weighted by Gasteiger charge is 2.39. The van der Waals surface area contributed by atoms with Gasteiger partial charge < -0.3 is 5.32 Å². The van der Waals surface area contributed by atoms with Crippen molar-refractivity contribution in [2.24, 2.45) is 0 Å². The van der Waals surface area contributed by atoms with E-state index in [9.17, 15) is 31.6 Å². The predicted molar refractivity (Wildman–Crippen MR) is 112 cm³/mol. The van der Waals surface area contributed by atoms with E-state index < -0.39 is 40.4 Å². The number of pyridine rings is 2. The van der Waals surface area contributed by atoms with Crippen LogP contribution < -0.4 is 5.32 Å². The summed E-state index contributed by atoms with van der Waals surface area (Å²) in [6.45, 7) is 1.52. The number of anilines is 1. The van der Waals surface area contributed by atoms with Crippen molar-refractivity contribution in [2.75, 3.05) is 5.32 Å². The molecule has 36 heavy (non-hydrogen) atoms. The van der Waals surface area contributed by atoms with E-state index in [4.69, 9.17) is 5.26 Å². The van der Waals surface area contributed by atoms with Crippen LogP contribution in [0.1, 0.15) is 41.0 Å². The average molecular weight is 502 g/mol. The predicted octanol–water partition coefficient (Wildman–Crippen LogP) is 5.16. The van der Waals surface area contributed by atoms with E-state index in [1.807, 2.05) is 6.07 Å². The lowest BCUT2D eigenvalue weighted by Crippen LogP contribution is -2.17. The second kappa shape index (κ2) is 8.81. The zero-order valence-corrected chi connectivity index (χ0v) is 18.0. The first-order chi connectivity index (χ1) is 16.9. The molecular formula is C22H12F6N8. The molecular weight excluding hydrogens is 490 g/mol. The summed E-state index contributed by atoms with van der Waals surface area (Å²) in [7, 11) is 0. The standard InChI is InChI=1S/C22H12F6N8/c1-11(20-33-10-34-36(20)17-3-2-12(6-29)8-31-17)35-18-13(7-30)9-32-19-15(18)4-14(21(23,24)25)5-16(19)22(26,27)28/h2-5,8-11H,1H3,(H,32,35)/t11-/m0/s1. The maximum atomic E-state index is 13.6. The second-order valence-electron chi connectivity index (χ2n) is 7.49. The Balaban J connectivity index is 1.86. The van der Waals surface area contributed by atoms with Gasteiger partial charge in [-0.05, 0) is 31.2 Å². The van der Waals surface area contributed by atoms with Gasteiger partial charge in [-0.2, -0.15) is 46.6 Å². The Labute approximate surface area is 198 Å². The van der Waals surface area contributed by atoms with Gasteiger partial charge in [-0.25, -0.2) is 9.97 Å². The van der Waals surface area contributed by atoms with Gasteiger partial charge in [0.05, 0.1) is 39.5 Å². The van der Waals surface area contributed by atoms with Crippen LogP contribution in [0.5, 0.6) is 0 Å². The number of nitrogens with zero attached hydrogens (tertiary/aromatic N) is 7. The van der Waals surface area contributed by atoms with Gasteiger partial charge in [0.1, 0.15) is 18.5 Å². The maximum absolute atomic E-state index is 13.6. The van der Waals surface area contributed by atoms with Crippen LogP contribution >= 0.6 is 0 Å². The minimum atomic E-state index is -5.13. The number of fused-ring (bicyclic) bond motifs is 1. The Hall–Kier alpha value is -4.72. The van der Waals surface area contributed by atoms with Crippen LogP contribution in [-0.4, -0.2) is 24.7 Å². The molecule has 4 aromatic rings. The molecule has 0 fully saturated rings. The van der Waals surface area contributed by atoms with Crippen molar-refractivity contribution >= 4 is 16.6 Å². The molecule has 0 saturated heterocycles. The lowest BCUT2D eigenvalue weighted by atomic mass is 10.0. The van der Waals surface area contributed by atoms with Crippen molar-refractivity contribution in [2.45, 2.75) is 25.3 Å². The van der Waals surface area contributed by atoms with E-state index in [1.165, 1.54) is 36.3 Å². The lowest BCUT2D eigenvalue weighted by molar-refractivity contribution is -0.142. The molecule has 4 rings (SSSR count). The number of alkyl halides is 6. The highest BCUT2D eigenvalue weighted by atomic mass is 19.4. The van der Waals surface area contributed by atoms with Crippen molar-refractivity contribution in [3.63, 3.8) is 0 Å². The van der Waals surface area contributed by atoms with Crippen molar-refractivity contribution in [1.29, 1.82) is 10.5 Å². The third-order valence-electron chi connectivity index (χ3n) is 5.14. The quantitative estimate of drug-likeness (QED) is 0.383. The van der Waals surface area contributed by atoms with Crippen LogP contribution in [-0.2, 0) is 12.4 Å². The summed E-state index contributed by atoms with van der Waals surface area (Å²) in [4.78, 5) is 11.8. The number of hydrogen-bond donors (Lipinski definition) is 1. The Kier molecular flexibility index (Phi) is 5.97. The molecule has 3 aromatic heterocycles. The van der Waals surface area contributed by atoms with Crippen LogP contribution in [0.25, 0.3) is 16.7 Å². The summed E-state index contributed by atoms with van der Waals surface area (Å²) in [5, 5.41) is 24.8. The Bertz CT molecular complexity index is 1520. The normalized spacial score (nSPS) is 12.7. The Morgan fingerprint density at radius 3 is 2.28 bits per heavy atom. The van der Waals surface area contributed by atoms with Crippen LogP contribution in [0.2, 0.25) is 0 Å². The van der Waals surface area contributed by atoms with E-state index in [1.54, 1.807) is 6.07 Å². The molecule has 14 heteroatoms. The van der Waals surface area contributed by atoms with Crippen molar-refractivity contribution in [1.82, 2.24) is 24.7 Å². The topological polar surface area (TPSA) is 116 Å². The zero-order valence-electron chi connectivity index (χ0n) is 18.0. The molecule has 0 saturated carbocycles. The molecule has 0 aliphatic carbocycles. The summed E-state index contributed by atoms with van der Waals surface area (Å²) < 4.78 is 82.6. The van der Waals surface area contributed by atoms with Gasteiger partial charge in [0.2, 0.25) is 0 Å². The van der Waals surface area contributed by atoms with Gasteiger partial charge in [0.15, 0.2) is 11.6 Å². The monoisotopic (exact) mass is 502 g/mol. The lowest BCUT2D eigenvalue weighted by Gasteiger charge is -2.20. The number of aromatic nitrogens is 5. The molecule has 0 spiro atoms. The largest absolute Gasteiger partial charge is 0.418 e. The molecule has 0 bridgehead atoms. The maximum Gasteiger partial charge on any atom is 0.418 e. The van der Waals surface area contributed by atoms with E-state index in [0.29, 0.717) is 6.07 Å². The summed E-state index contributed by atoms with van der Waals surface area (Å²) >= 11 is 0. The average Bonchev–Trinajstić information content (AvgIpc) is 3.32. The fourth-order valence-electron chi connectivity index (χ4n) is 3.50. The third-order valence-corrected chi connectivity index (χ3v) is 5.14.